The van der Waals surface area contributed by atoms with Gasteiger partial charge in [-0.25, -0.2) is 0 Å². The number of hydrogen-bond acceptors (Lipinski definition) is 2. The molecule has 270 valence electrons. The minimum atomic E-state index is -3.88. The first-order chi connectivity index (χ1) is 22.3. The van der Waals surface area contributed by atoms with Crippen LogP contribution in [0.3, 0.4) is 0 Å². The van der Waals surface area contributed by atoms with Crippen LogP contribution in [-0.2, 0) is 0 Å². The third-order valence-corrected chi connectivity index (χ3v) is 65.8. The predicted octanol–water partition coefficient (Wildman–Crippen LogP) is 12.8. The first-order valence-electron chi connectivity index (χ1n) is 21.3. The molecule has 0 amide bonds. The van der Waals surface area contributed by atoms with Crippen molar-refractivity contribution in [2.75, 3.05) is 0 Å². The maximum absolute atomic E-state index is 3.88. The van der Waals surface area contributed by atoms with Crippen LogP contribution in [0.5, 0.6) is 0 Å². The molecule has 5 rings (SSSR count). The Morgan fingerprint density at radius 2 is 0.854 bits per heavy atom. The van der Waals surface area contributed by atoms with Gasteiger partial charge < -0.3 is 0 Å². The second kappa shape index (κ2) is 14.8. The molecule has 5 heterocycles. The van der Waals surface area contributed by atoms with E-state index in [0.29, 0.717) is 0 Å². The molecule has 0 radical (unpaired) electrons. The van der Waals surface area contributed by atoms with Gasteiger partial charge in [-0.15, -0.1) is 0 Å². The van der Waals surface area contributed by atoms with Gasteiger partial charge in [0, 0.05) is 0 Å². The van der Waals surface area contributed by atoms with E-state index in [9.17, 15) is 0 Å². The molecule has 5 aliphatic heterocycles. The van der Waals surface area contributed by atoms with Crippen molar-refractivity contribution in [3.63, 3.8) is 0 Å². The van der Waals surface area contributed by atoms with Crippen LogP contribution in [0, 0.1) is 0 Å². The molecular formula is C38H79B3N2Si4Sn. The summed E-state index contributed by atoms with van der Waals surface area (Å²) in [7, 11) is -7.12. The molecule has 4 fully saturated rings. The Hall–Kier alpha value is 1.26. The molecule has 0 N–H and O–H groups in total. The van der Waals surface area contributed by atoms with E-state index >= 15 is 0 Å². The zero-order valence-electron chi connectivity index (χ0n) is 35.0. The van der Waals surface area contributed by atoms with Crippen LogP contribution in [0.2, 0.25) is 114 Å². The van der Waals surface area contributed by atoms with Crippen LogP contribution in [0.25, 0.3) is 0 Å². The normalized spacial score (nSPS) is 30.7. The summed E-state index contributed by atoms with van der Waals surface area (Å²) in [5.41, 5.74) is 4.02. The monoisotopic (exact) mass is 828 g/mol. The molecule has 0 aromatic carbocycles. The molecule has 2 nitrogen and oxygen atoms in total. The molecule has 0 saturated carbocycles. The third kappa shape index (κ3) is 7.11. The van der Waals surface area contributed by atoms with E-state index < -0.39 is 51.5 Å². The van der Waals surface area contributed by atoms with E-state index in [1.165, 1.54) is 96.1 Å². The summed E-state index contributed by atoms with van der Waals surface area (Å²) in [5.74, 6) is 3.78. The van der Waals surface area contributed by atoms with Gasteiger partial charge in [0.15, 0.2) is 0 Å². The second-order valence-electron chi connectivity index (χ2n) is 21.5. The van der Waals surface area contributed by atoms with Crippen molar-refractivity contribution in [3.05, 3.63) is 17.5 Å². The Balaban J connectivity index is 2.05. The summed E-state index contributed by atoms with van der Waals surface area (Å²) in [6, 6.07) is 0. The maximum atomic E-state index is 3.81. The second-order valence-corrected chi connectivity index (χ2v) is 56.0. The zero-order valence-corrected chi connectivity index (χ0v) is 41.9. The summed E-state index contributed by atoms with van der Waals surface area (Å²) in [6.45, 7) is 44.6. The molecule has 4 saturated heterocycles. The third-order valence-electron chi connectivity index (χ3n) is 14.1. The van der Waals surface area contributed by atoms with E-state index in [0.717, 1.165) is 43.7 Å². The number of hydrogen-bond donors (Lipinski definition) is 0. The Bertz CT molecular complexity index is 1130. The molecular weight excluding hydrogens is 748 g/mol. The van der Waals surface area contributed by atoms with Crippen molar-refractivity contribution >= 4 is 72.0 Å². The first kappa shape index (κ1) is 40.4. The molecule has 4 bridgehead atoms. The van der Waals surface area contributed by atoms with Crippen molar-refractivity contribution in [1.82, 2.24) is 5.40 Å². The molecule has 0 unspecified atom stereocenters. The van der Waals surface area contributed by atoms with E-state index in [1.54, 1.807) is 0 Å². The number of rotatable bonds is 12. The first-order valence-corrected chi connectivity index (χ1v) is 40.6. The molecule has 0 atom stereocenters. The van der Waals surface area contributed by atoms with E-state index in [2.05, 4.69) is 111 Å². The molecule has 0 aromatic rings. The summed E-state index contributed by atoms with van der Waals surface area (Å²) in [6.07, 6.45) is 22.1. The predicted molar refractivity (Wildman–Crippen MR) is 236 cm³/mol. The van der Waals surface area contributed by atoms with Crippen molar-refractivity contribution < 1.29 is 0 Å². The van der Waals surface area contributed by atoms with Crippen LogP contribution < -0.4 is 0 Å². The fraction of sp³-hybridized carbons (Fsp3) is 0.895. The standard InChI is InChI=1S/C16H33BSi2.2C11H23BNSi.Sn/c1-10-15(13-18(4,5)6)16(14-19(7,8)9)17(11-2)12-3;2*1-14(2,3)13-12-10-6-4-7-11(12)9-5-8-10;/h10-12H2,1-9H3;2*10-11H,4-9H2,1-3H3;/q;2*-1;+2. The van der Waals surface area contributed by atoms with Crippen molar-refractivity contribution in [1.29, 1.82) is 0 Å². The van der Waals surface area contributed by atoms with Gasteiger partial charge in [-0.1, -0.05) is 0 Å². The van der Waals surface area contributed by atoms with Gasteiger partial charge in [0.1, 0.15) is 0 Å². The van der Waals surface area contributed by atoms with Gasteiger partial charge in [-0.05, 0) is 0 Å². The average molecular weight is 828 g/mol. The van der Waals surface area contributed by atoms with Crippen LogP contribution in [0.15, 0.2) is 17.5 Å². The summed E-state index contributed by atoms with van der Waals surface area (Å²) in [5, 5.41) is 0. The molecule has 0 aromatic heterocycles. The SMILES string of the molecule is CCB(CC)C1=[C]([Si](C)(C)C)[Sn]([N](B2C3CCCC2CCC3)[Si](C)(C)C)([N](B2C3CCCC2CCC3)[Si](C)(C)C)[C]([Si](C)(C)C)=C1CC. The average Bonchev–Trinajstić information content (AvgIpc) is 3.24. The zero-order chi connectivity index (χ0) is 35.6. The Morgan fingerprint density at radius 3 is 1.08 bits per heavy atom. The van der Waals surface area contributed by atoms with Gasteiger partial charge in [-0.2, -0.15) is 0 Å². The molecule has 0 spiro atoms. The molecule has 48 heavy (non-hydrogen) atoms. The molecule has 5 aliphatic rings. The van der Waals surface area contributed by atoms with Gasteiger partial charge in [0.05, 0.1) is 0 Å². The molecule has 0 aliphatic carbocycles. The quantitative estimate of drug-likeness (QED) is 0.181. The van der Waals surface area contributed by atoms with Crippen molar-refractivity contribution in [2.24, 2.45) is 0 Å². The van der Waals surface area contributed by atoms with Gasteiger partial charge in [0.2, 0.25) is 0 Å². The summed E-state index contributed by atoms with van der Waals surface area (Å²) in [4.78, 5) is 0. The minimum absolute atomic E-state index is 0.746. The Morgan fingerprint density at radius 1 is 0.542 bits per heavy atom. The molecule has 10 heteroatoms. The Kier molecular flexibility index (Phi) is 12.5. The van der Waals surface area contributed by atoms with E-state index in [1.807, 2.05) is 11.0 Å². The van der Waals surface area contributed by atoms with Crippen LogP contribution in [0.1, 0.15) is 104 Å². The summed E-state index contributed by atoms with van der Waals surface area (Å²) < 4.78 is 12.2. The van der Waals surface area contributed by atoms with Crippen LogP contribution >= 0.6 is 0 Å². The topological polar surface area (TPSA) is 6.48 Å². The van der Waals surface area contributed by atoms with Crippen molar-refractivity contribution in [2.45, 2.75) is 219 Å². The van der Waals surface area contributed by atoms with Crippen LogP contribution in [0.4, 0.5) is 0 Å². The number of nitrogens with zero attached hydrogens (tertiary/aromatic N) is 2. The fourth-order valence-corrected chi connectivity index (χ4v) is 83.9. The fourth-order valence-electron chi connectivity index (χ4n) is 13.2. The number of fused-ring (bicyclic) bond motifs is 4. The summed E-state index contributed by atoms with van der Waals surface area (Å²) >= 11 is -3.88. The Labute approximate surface area is 311 Å². The van der Waals surface area contributed by atoms with E-state index in [4.69, 9.17) is 0 Å². The van der Waals surface area contributed by atoms with Gasteiger partial charge in [0.25, 0.3) is 0 Å². The van der Waals surface area contributed by atoms with E-state index in [-0.39, 0.29) is 0 Å². The van der Waals surface area contributed by atoms with Crippen LogP contribution in [-0.4, -0.2) is 77.3 Å². The number of allylic oxidation sites excluding steroid dienone is 2. The van der Waals surface area contributed by atoms with Gasteiger partial charge >= 0.3 is 314 Å². The van der Waals surface area contributed by atoms with Gasteiger partial charge in [-0.3, -0.25) is 0 Å². The van der Waals surface area contributed by atoms with Crippen molar-refractivity contribution in [3.8, 4) is 0 Å².